The highest BCUT2D eigenvalue weighted by molar-refractivity contribution is 14.1. The van der Waals surface area contributed by atoms with Crippen LogP contribution in [0.25, 0.3) is 0 Å². The van der Waals surface area contributed by atoms with E-state index in [-0.39, 0.29) is 0 Å². The van der Waals surface area contributed by atoms with Crippen LogP contribution in [0.1, 0.15) is 30.2 Å². The SMILES string of the molecule is Ic1nsc(C2CC3CC3C2)n1. The van der Waals surface area contributed by atoms with Gasteiger partial charge in [-0.15, -0.1) is 0 Å². The van der Waals surface area contributed by atoms with Gasteiger partial charge in [-0.05, 0) is 42.6 Å². The fraction of sp³-hybridized carbons (Fsp3) is 0.750. The van der Waals surface area contributed by atoms with Gasteiger partial charge in [-0.25, -0.2) is 4.98 Å². The van der Waals surface area contributed by atoms with Crippen LogP contribution in [0, 0.1) is 15.7 Å². The zero-order valence-corrected chi connectivity index (χ0v) is 9.51. The van der Waals surface area contributed by atoms with Gasteiger partial charge in [0.1, 0.15) is 5.01 Å². The molecular weight excluding hydrogens is 283 g/mol. The van der Waals surface area contributed by atoms with Gasteiger partial charge in [0, 0.05) is 28.5 Å². The molecule has 1 heterocycles. The average molecular weight is 292 g/mol. The Kier molecular flexibility index (Phi) is 1.69. The number of hydrogen-bond donors (Lipinski definition) is 0. The molecule has 2 saturated carbocycles. The van der Waals surface area contributed by atoms with E-state index in [9.17, 15) is 0 Å². The van der Waals surface area contributed by atoms with E-state index in [1.165, 1.54) is 24.3 Å². The predicted octanol–water partition coefficient (Wildman–Crippen LogP) is 2.66. The molecule has 0 radical (unpaired) electrons. The van der Waals surface area contributed by atoms with Crippen LogP contribution in [0.5, 0.6) is 0 Å². The lowest BCUT2D eigenvalue weighted by Crippen LogP contribution is -1.94. The second kappa shape index (κ2) is 2.64. The van der Waals surface area contributed by atoms with Crippen molar-refractivity contribution in [2.75, 3.05) is 0 Å². The van der Waals surface area contributed by atoms with E-state index in [1.807, 2.05) is 0 Å². The lowest BCUT2D eigenvalue weighted by molar-refractivity contribution is 0.620. The maximum atomic E-state index is 4.44. The Bertz CT molecular complexity index is 302. The summed E-state index contributed by atoms with van der Waals surface area (Å²) in [5.41, 5.74) is 0. The summed E-state index contributed by atoms with van der Waals surface area (Å²) in [6.07, 6.45) is 4.26. The topological polar surface area (TPSA) is 25.8 Å². The summed E-state index contributed by atoms with van der Waals surface area (Å²) in [5.74, 6) is 2.86. The number of nitrogens with zero attached hydrogens (tertiary/aromatic N) is 2. The number of fused-ring (bicyclic) bond motifs is 1. The average Bonchev–Trinajstić information content (AvgIpc) is 2.49. The molecule has 3 rings (SSSR count). The van der Waals surface area contributed by atoms with Crippen molar-refractivity contribution in [3.05, 3.63) is 8.84 Å². The zero-order valence-electron chi connectivity index (χ0n) is 6.53. The second-order valence-corrected chi connectivity index (χ2v) is 5.57. The maximum absolute atomic E-state index is 4.44. The van der Waals surface area contributed by atoms with Crippen molar-refractivity contribution in [1.29, 1.82) is 0 Å². The molecule has 2 atom stereocenters. The first kappa shape index (κ1) is 7.67. The van der Waals surface area contributed by atoms with Crippen molar-refractivity contribution in [1.82, 2.24) is 9.36 Å². The first-order valence-corrected chi connectivity index (χ1v) is 6.17. The molecule has 0 aliphatic heterocycles. The Morgan fingerprint density at radius 3 is 2.58 bits per heavy atom. The van der Waals surface area contributed by atoms with E-state index in [0.717, 1.165) is 21.6 Å². The summed E-state index contributed by atoms with van der Waals surface area (Å²) in [7, 11) is 0. The Hall–Kier alpha value is 0.290. The zero-order chi connectivity index (χ0) is 8.13. The maximum Gasteiger partial charge on any atom is 0.203 e. The van der Waals surface area contributed by atoms with Gasteiger partial charge in [-0.2, -0.15) is 4.37 Å². The molecule has 4 heteroatoms. The molecule has 2 unspecified atom stereocenters. The van der Waals surface area contributed by atoms with Crippen molar-refractivity contribution in [2.24, 2.45) is 11.8 Å². The van der Waals surface area contributed by atoms with Gasteiger partial charge in [0.2, 0.25) is 3.83 Å². The molecule has 64 valence electrons. The third-order valence-electron chi connectivity index (χ3n) is 3.01. The summed E-state index contributed by atoms with van der Waals surface area (Å²) in [5, 5.41) is 1.28. The number of hydrogen-bond acceptors (Lipinski definition) is 3. The van der Waals surface area contributed by atoms with E-state index in [2.05, 4.69) is 31.9 Å². The Morgan fingerprint density at radius 2 is 2.00 bits per heavy atom. The monoisotopic (exact) mass is 292 g/mol. The molecule has 1 aromatic heterocycles. The normalized spacial score (nSPS) is 38.2. The van der Waals surface area contributed by atoms with Gasteiger partial charge in [-0.3, -0.25) is 0 Å². The molecule has 0 bridgehead atoms. The molecule has 0 saturated heterocycles. The van der Waals surface area contributed by atoms with E-state index in [0.29, 0.717) is 0 Å². The Balaban J connectivity index is 1.81. The van der Waals surface area contributed by atoms with Crippen molar-refractivity contribution >= 4 is 34.1 Å². The standard InChI is InChI=1S/C8H9IN2S/c9-8-10-7(12-11-8)6-2-4-1-5(4)3-6/h4-6H,1-3H2. The van der Waals surface area contributed by atoms with Crippen molar-refractivity contribution in [2.45, 2.75) is 25.2 Å². The molecular formula is C8H9IN2S. The van der Waals surface area contributed by atoms with Gasteiger partial charge in [0.05, 0.1) is 0 Å². The lowest BCUT2D eigenvalue weighted by Gasteiger charge is -2.05. The molecule has 2 aliphatic rings. The molecule has 0 amide bonds. The summed E-state index contributed by atoms with van der Waals surface area (Å²) in [6.45, 7) is 0. The smallest absolute Gasteiger partial charge is 0.203 e. The summed E-state index contributed by atoms with van der Waals surface area (Å²) < 4.78 is 5.14. The Morgan fingerprint density at radius 1 is 1.25 bits per heavy atom. The third kappa shape index (κ3) is 1.19. The summed E-state index contributed by atoms with van der Waals surface area (Å²) in [6, 6.07) is 0. The van der Waals surface area contributed by atoms with E-state index in [1.54, 1.807) is 11.5 Å². The minimum Gasteiger partial charge on any atom is -0.215 e. The molecule has 2 nitrogen and oxygen atoms in total. The highest BCUT2D eigenvalue weighted by atomic mass is 127. The van der Waals surface area contributed by atoms with Crippen molar-refractivity contribution in [3.63, 3.8) is 0 Å². The van der Waals surface area contributed by atoms with Gasteiger partial charge in [-0.1, -0.05) is 0 Å². The molecule has 2 fully saturated rings. The van der Waals surface area contributed by atoms with E-state index in [4.69, 9.17) is 0 Å². The van der Waals surface area contributed by atoms with E-state index >= 15 is 0 Å². The minimum absolute atomic E-state index is 0.759. The molecule has 1 aromatic rings. The van der Waals surface area contributed by atoms with Gasteiger partial charge in [0.25, 0.3) is 0 Å². The largest absolute Gasteiger partial charge is 0.215 e. The van der Waals surface area contributed by atoms with Crippen molar-refractivity contribution in [3.8, 4) is 0 Å². The van der Waals surface area contributed by atoms with Gasteiger partial charge in [0.15, 0.2) is 0 Å². The Labute approximate surface area is 89.1 Å². The number of aromatic nitrogens is 2. The predicted molar refractivity (Wildman–Crippen MR) is 56.2 cm³/mol. The number of rotatable bonds is 1. The van der Waals surface area contributed by atoms with Crippen LogP contribution in [0.4, 0.5) is 0 Å². The molecule has 0 spiro atoms. The highest BCUT2D eigenvalue weighted by Crippen LogP contribution is 2.57. The quantitative estimate of drug-likeness (QED) is 0.744. The molecule has 12 heavy (non-hydrogen) atoms. The summed E-state index contributed by atoms with van der Waals surface area (Å²) >= 11 is 3.79. The molecule has 0 aromatic carbocycles. The van der Waals surface area contributed by atoms with E-state index < -0.39 is 0 Å². The van der Waals surface area contributed by atoms with Gasteiger partial charge < -0.3 is 0 Å². The second-order valence-electron chi connectivity index (χ2n) is 3.83. The van der Waals surface area contributed by atoms with Crippen LogP contribution >= 0.6 is 34.1 Å². The van der Waals surface area contributed by atoms with Crippen LogP contribution in [0.3, 0.4) is 0 Å². The summed E-state index contributed by atoms with van der Waals surface area (Å²) in [4.78, 5) is 4.44. The fourth-order valence-corrected chi connectivity index (χ4v) is 3.70. The lowest BCUT2D eigenvalue weighted by atomic mass is 10.1. The molecule has 2 aliphatic carbocycles. The highest BCUT2D eigenvalue weighted by Gasteiger charge is 2.47. The minimum atomic E-state index is 0.759. The molecule has 0 N–H and O–H groups in total. The first-order valence-electron chi connectivity index (χ1n) is 4.32. The van der Waals surface area contributed by atoms with Crippen LogP contribution < -0.4 is 0 Å². The first-order chi connectivity index (χ1) is 5.83. The van der Waals surface area contributed by atoms with Gasteiger partial charge >= 0.3 is 0 Å². The van der Waals surface area contributed by atoms with Crippen LogP contribution in [-0.2, 0) is 0 Å². The van der Waals surface area contributed by atoms with Crippen LogP contribution in [0.15, 0.2) is 0 Å². The van der Waals surface area contributed by atoms with Crippen LogP contribution in [0.2, 0.25) is 0 Å². The number of halogens is 1. The van der Waals surface area contributed by atoms with Crippen LogP contribution in [-0.4, -0.2) is 9.36 Å². The van der Waals surface area contributed by atoms with Crippen molar-refractivity contribution < 1.29 is 0 Å². The fourth-order valence-electron chi connectivity index (χ4n) is 2.30. The third-order valence-corrected chi connectivity index (χ3v) is 4.70.